The second kappa shape index (κ2) is 5.51. The standard InChI is InChI=1S/C17H16ClNO2/c1-19-15-7-4-12(9-13(15)10-17(19)21)16(20)8-11-2-5-14(18)6-3-11/h2-7,9,16,20H,8,10H2,1H3. The lowest BCUT2D eigenvalue weighted by Crippen LogP contribution is -2.20. The number of halogens is 1. The van der Waals surface area contributed by atoms with Crippen molar-refractivity contribution in [1.29, 1.82) is 0 Å². The number of aliphatic hydroxyl groups is 1. The maximum atomic E-state index is 11.7. The van der Waals surface area contributed by atoms with Crippen molar-refractivity contribution in [3.8, 4) is 0 Å². The number of carbonyl (C=O) groups is 1. The number of aliphatic hydroxyl groups excluding tert-OH is 1. The van der Waals surface area contributed by atoms with Crippen LogP contribution in [0.25, 0.3) is 0 Å². The highest BCUT2D eigenvalue weighted by Gasteiger charge is 2.24. The molecule has 1 atom stereocenters. The lowest BCUT2D eigenvalue weighted by molar-refractivity contribution is -0.117. The minimum atomic E-state index is -0.586. The van der Waals surface area contributed by atoms with Gasteiger partial charge in [-0.25, -0.2) is 0 Å². The largest absolute Gasteiger partial charge is 0.388 e. The lowest BCUT2D eigenvalue weighted by atomic mass is 9.99. The minimum absolute atomic E-state index is 0.0920. The van der Waals surface area contributed by atoms with Crippen molar-refractivity contribution in [2.75, 3.05) is 11.9 Å². The molecule has 0 fully saturated rings. The van der Waals surface area contributed by atoms with Gasteiger partial charge in [-0.05, 0) is 34.9 Å². The van der Waals surface area contributed by atoms with Gasteiger partial charge in [-0.1, -0.05) is 35.9 Å². The zero-order valence-electron chi connectivity index (χ0n) is 11.7. The van der Waals surface area contributed by atoms with Gasteiger partial charge in [-0.2, -0.15) is 0 Å². The fourth-order valence-corrected chi connectivity index (χ4v) is 2.78. The maximum Gasteiger partial charge on any atom is 0.231 e. The van der Waals surface area contributed by atoms with Gasteiger partial charge in [0.2, 0.25) is 5.91 Å². The van der Waals surface area contributed by atoms with E-state index in [0.29, 0.717) is 17.9 Å². The van der Waals surface area contributed by atoms with Crippen LogP contribution in [0, 0.1) is 0 Å². The molecule has 21 heavy (non-hydrogen) atoms. The number of anilines is 1. The van der Waals surface area contributed by atoms with Crippen molar-refractivity contribution < 1.29 is 9.90 Å². The molecule has 0 saturated heterocycles. The van der Waals surface area contributed by atoms with Crippen molar-refractivity contribution in [3.05, 3.63) is 64.2 Å². The van der Waals surface area contributed by atoms with Gasteiger partial charge in [0.1, 0.15) is 0 Å². The molecule has 1 aliphatic rings. The summed E-state index contributed by atoms with van der Waals surface area (Å²) < 4.78 is 0. The zero-order chi connectivity index (χ0) is 15.0. The van der Waals surface area contributed by atoms with Gasteiger partial charge < -0.3 is 10.0 Å². The molecule has 0 bridgehead atoms. The van der Waals surface area contributed by atoms with Gasteiger partial charge in [0, 0.05) is 24.2 Å². The predicted molar refractivity (Wildman–Crippen MR) is 83.7 cm³/mol. The Morgan fingerprint density at radius 1 is 1.24 bits per heavy atom. The molecular formula is C17H16ClNO2. The molecule has 3 rings (SSSR count). The summed E-state index contributed by atoms with van der Waals surface area (Å²) in [7, 11) is 1.78. The van der Waals surface area contributed by atoms with Crippen molar-refractivity contribution >= 4 is 23.2 Å². The normalized spacial score (nSPS) is 15.2. The summed E-state index contributed by atoms with van der Waals surface area (Å²) in [4.78, 5) is 13.3. The molecule has 1 heterocycles. The fraction of sp³-hybridized carbons (Fsp3) is 0.235. The second-order valence-corrected chi connectivity index (χ2v) is 5.80. The highest BCUT2D eigenvalue weighted by molar-refractivity contribution is 6.30. The molecule has 0 radical (unpaired) electrons. The Morgan fingerprint density at radius 3 is 2.67 bits per heavy atom. The molecule has 2 aromatic rings. The van der Waals surface area contributed by atoms with Gasteiger partial charge in [-0.15, -0.1) is 0 Å². The number of amides is 1. The van der Waals surface area contributed by atoms with E-state index in [1.807, 2.05) is 42.5 Å². The SMILES string of the molecule is CN1C(=O)Cc2cc(C(O)Cc3ccc(Cl)cc3)ccc21. The predicted octanol–water partition coefficient (Wildman–Crippen LogP) is 3.14. The first-order chi connectivity index (χ1) is 10.0. The van der Waals surface area contributed by atoms with Crippen LogP contribution in [0.3, 0.4) is 0 Å². The topological polar surface area (TPSA) is 40.5 Å². The Bertz CT molecular complexity index is 682. The Hall–Kier alpha value is -1.84. The van der Waals surface area contributed by atoms with E-state index in [2.05, 4.69) is 0 Å². The first kappa shape index (κ1) is 14.1. The number of hydrogen-bond acceptors (Lipinski definition) is 2. The minimum Gasteiger partial charge on any atom is -0.388 e. The number of rotatable bonds is 3. The van der Waals surface area contributed by atoms with Gasteiger partial charge in [0.05, 0.1) is 12.5 Å². The van der Waals surface area contributed by atoms with Crippen molar-refractivity contribution in [3.63, 3.8) is 0 Å². The van der Waals surface area contributed by atoms with Crippen LogP contribution in [0.1, 0.15) is 22.8 Å². The Kier molecular flexibility index (Phi) is 3.70. The highest BCUT2D eigenvalue weighted by Crippen LogP contribution is 2.31. The van der Waals surface area contributed by atoms with E-state index in [1.54, 1.807) is 11.9 Å². The molecule has 3 nitrogen and oxygen atoms in total. The van der Waals surface area contributed by atoms with Gasteiger partial charge in [0.15, 0.2) is 0 Å². The molecular weight excluding hydrogens is 286 g/mol. The Labute approximate surface area is 128 Å². The monoisotopic (exact) mass is 301 g/mol. The van der Waals surface area contributed by atoms with Crippen LogP contribution in [0.5, 0.6) is 0 Å². The summed E-state index contributed by atoms with van der Waals surface area (Å²) in [6, 6.07) is 13.2. The van der Waals surface area contributed by atoms with Gasteiger partial charge in [0.25, 0.3) is 0 Å². The first-order valence-electron chi connectivity index (χ1n) is 6.86. The molecule has 0 aliphatic carbocycles. The number of benzene rings is 2. The van der Waals surface area contributed by atoms with Crippen LogP contribution in [0.2, 0.25) is 5.02 Å². The highest BCUT2D eigenvalue weighted by atomic mass is 35.5. The maximum absolute atomic E-state index is 11.7. The summed E-state index contributed by atoms with van der Waals surface area (Å²) in [6.45, 7) is 0. The van der Waals surface area contributed by atoms with Crippen molar-refractivity contribution in [2.24, 2.45) is 0 Å². The van der Waals surface area contributed by atoms with Crippen LogP contribution in [-0.4, -0.2) is 18.1 Å². The molecule has 108 valence electrons. The van der Waals surface area contributed by atoms with Crippen LogP contribution in [-0.2, 0) is 17.6 Å². The summed E-state index contributed by atoms with van der Waals surface area (Å²) in [5, 5.41) is 11.1. The van der Waals surface area contributed by atoms with Crippen LogP contribution >= 0.6 is 11.6 Å². The van der Waals surface area contributed by atoms with E-state index in [9.17, 15) is 9.90 Å². The number of fused-ring (bicyclic) bond motifs is 1. The van der Waals surface area contributed by atoms with E-state index in [-0.39, 0.29) is 5.91 Å². The van der Waals surface area contributed by atoms with E-state index < -0.39 is 6.10 Å². The fourth-order valence-electron chi connectivity index (χ4n) is 2.66. The second-order valence-electron chi connectivity index (χ2n) is 5.36. The van der Waals surface area contributed by atoms with Crippen LogP contribution in [0.15, 0.2) is 42.5 Å². The van der Waals surface area contributed by atoms with Crippen LogP contribution < -0.4 is 4.90 Å². The van der Waals surface area contributed by atoms with E-state index in [1.165, 1.54) is 0 Å². The van der Waals surface area contributed by atoms with E-state index in [4.69, 9.17) is 11.6 Å². The molecule has 0 aromatic heterocycles. The summed E-state index contributed by atoms with van der Waals surface area (Å²) in [6.07, 6.45) is 0.352. The number of nitrogens with zero attached hydrogens (tertiary/aromatic N) is 1. The average Bonchev–Trinajstić information content (AvgIpc) is 2.76. The Balaban J connectivity index is 1.80. The molecule has 4 heteroatoms. The third-order valence-electron chi connectivity index (χ3n) is 3.91. The third-order valence-corrected chi connectivity index (χ3v) is 4.16. The quantitative estimate of drug-likeness (QED) is 0.946. The number of likely N-dealkylation sites (N-methyl/N-ethyl adjacent to an activating group) is 1. The van der Waals surface area contributed by atoms with Crippen molar-refractivity contribution in [1.82, 2.24) is 0 Å². The average molecular weight is 302 g/mol. The number of carbonyl (C=O) groups excluding carboxylic acids is 1. The zero-order valence-corrected chi connectivity index (χ0v) is 12.5. The van der Waals surface area contributed by atoms with Gasteiger partial charge >= 0.3 is 0 Å². The number of hydrogen-bond donors (Lipinski definition) is 1. The Morgan fingerprint density at radius 2 is 1.95 bits per heavy atom. The van der Waals surface area contributed by atoms with Crippen LogP contribution in [0.4, 0.5) is 5.69 Å². The summed E-state index contributed by atoms with van der Waals surface area (Å²) in [5.41, 5.74) is 3.78. The van der Waals surface area contributed by atoms with E-state index in [0.717, 1.165) is 22.4 Å². The summed E-state index contributed by atoms with van der Waals surface area (Å²) >= 11 is 5.86. The molecule has 0 spiro atoms. The first-order valence-corrected chi connectivity index (χ1v) is 7.24. The van der Waals surface area contributed by atoms with Gasteiger partial charge in [-0.3, -0.25) is 4.79 Å². The molecule has 1 unspecified atom stereocenters. The molecule has 0 saturated carbocycles. The molecule has 1 amide bonds. The smallest absolute Gasteiger partial charge is 0.231 e. The molecule has 1 aliphatic heterocycles. The molecule has 2 aromatic carbocycles. The lowest BCUT2D eigenvalue weighted by Gasteiger charge is -2.14. The van der Waals surface area contributed by atoms with E-state index >= 15 is 0 Å². The molecule has 1 N–H and O–H groups in total. The third kappa shape index (κ3) is 2.80. The summed E-state index contributed by atoms with van der Waals surface area (Å²) in [5.74, 6) is 0.0920. The van der Waals surface area contributed by atoms with Crippen molar-refractivity contribution in [2.45, 2.75) is 18.9 Å².